The number of carbonyl (C=O) groups excluding carboxylic acids is 1. The molecule has 2 aromatic carbocycles. The monoisotopic (exact) mass is 478 g/mol. The molecule has 1 amide bonds. The summed E-state index contributed by atoms with van der Waals surface area (Å²) < 4.78 is 12.1. The molecule has 0 atom stereocenters. The number of halogens is 2. The van der Waals surface area contributed by atoms with E-state index in [0.717, 1.165) is 15.8 Å². The van der Waals surface area contributed by atoms with Crippen molar-refractivity contribution in [1.82, 2.24) is 10.6 Å². The van der Waals surface area contributed by atoms with E-state index < -0.39 is 0 Å². The van der Waals surface area contributed by atoms with Crippen molar-refractivity contribution >= 4 is 50.8 Å². The van der Waals surface area contributed by atoms with E-state index >= 15 is 0 Å². The second-order valence-electron chi connectivity index (χ2n) is 5.75. The first-order valence-corrected chi connectivity index (χ1v) is 9.88. The second-order valence-corrected chi connectivity index (χ2v) is 7.51. The van der Waals surface area contributed by atoms with E-state index in [1.165, 1.54) is 0 Å². The molecule has 8 heteroatoms. The molecule has 0 fully saturated rings. The number of carbonyl (C=O) groups is 1. The molecule has 1 heterocycles. The molecular weight excluding hydrogens is 464 g/mol. The average molecular weight is 480 g/mol. The Balaban J connectivity index is 1.43. The Bertz CT molecular complexity index is 958. The van der Waals surface area contributed by atoms with Crippen molar-refractivity contribution in [3.63, 3.8) is 0 Å². The third kappa shape index (κ3) is 6.09. The molecule has 0 spiro atoms. The van der Waals surface area contributed by atoms with Crippen molar-refractivity contribution in [2.45, 2.75) is 6.54 Å². The Hall–Kier alpha value is -2.35. The fraction of sp³-hybridized carbons (Fsp3) is 0.100. The van der Waals surface area contributed by atoms with Gasteiger partial charge in [0.1, 0.15) is 17.3 Å². The van der Waals surface area contributed by atoms with Crippen LogP contribution in [-0.4, -0.2) is 17.6 Å². The fourth-order valence-electron chi connectivity index (χ4n) is 2.30. The molecule has 1 aromatic heterocycles. The molecule has 0 bridgehead atoms. The third-order valence-corrected chi connectivity index (χ3v) is 4.68. The first kappa shape index (κ1) is 20.4. The predicted molar refractivity (Wildman–Crippen MR) is 116 cm³/mol. The first-order valence-electron chi connectivity index (χ1n) is 8.30. The lowest BCUT2D eigenvalue weighted by molar-refractivity contribution is -0.121. The van der Waals surface area contributed by atoms with Crippen LogP contribution >= 0.6 is 39.7 Å². The Morgan fingerprint density at radius 3 is 2.50 bits per heavy atom. The molecule has 0 saturated carbocycles. The maximum atomic E-state index is 11.9. The highest BCUT2D eigenvalue weighted by Crippen LogP contribution is 2.23. The SMILES string of the molecule is O=C(COc1ccc(Br)cc1)NC(=S)NCc1ccc(-c2ccc(Cl)cc2)o1. The van der Waals surface area contributed by atoms with Gasteiger partial charge in [0.25, 0.3) is 5.91 Å². The Kier molecular flexibility index (Phi) is 7.08. The number of nitrogens with one attached hydrogen (secondary N) is 2. The van der Waals surface area contributed by atoms with Gasteiger partial charge in [-0.3, -0.25) is 4.79 Å². The maximum Gasteiger partial charge on any atom is 0.264 e. The summed E-state index contributed by atoms with van der Waals surface area (Å²) in [5, 5.41) is 6.37. The van der Waals surface area contributed by atoms with Crippen LogP contribution in [0.2, 0.25) is 5.02 Å². The zero-order valence-corrected chi connectivity index (χ0v) is 17.7. The van der Waals surface area contributed by atoms with Crippen LogP contribution in [0.15, 0.2) is 69.6 Å². The summed E-state index contributed by atoms with van der Waals surface area (Å²) >= 11 is 14.4. The Labute approximate surface area is 181 Å². The summed E-state index contributed by atoms with van der Waals surface area (Å²) in [4.78, 5) is 11.9. The van der Waals surface area contributed by atoms with Crippen molar-refractivity contribution in [1.29, 1.82) is 0 Å². The van der Waals surface area contributed by atoms with E-state index in [9.17, 15) is 4.79 Å². The lowest BCUT2D eigenvalue weighted by atomic mass is 10.2. The molecule has 28 heavy (non-hydrogen) atoms. The molecular formula is C20H16BrClN2O3S. The molecule has 0 aliphatic rings. The van der Waals surface area contributed by atoms with Crippen molar-refractivity contribution in [2.24, 2.45) is 0 Å². The molecule has 144 valence electrons. The van der Waals surface area contributed by atoms with Crippen LogP contribution < -0.4 is 15.4 Å². The van der Waals surface area contributed by atoms with Gasteiger partial charge in [0.15, 0.2) is 11.7 Å². The summed E-state index contributed by atoms with van der Waals surface area (Å²) in [5.74, 6) is 1.67. The summed E-state index contributed by atoms with van der Waals surface area (Å²) in [6.45, 7) is 0.213. The zero-order valence-electron chi connectivity index (χ0n) is 14.6. The van der Waals surface area contributed by atoms with Crippen LogP contribution in [0.5, 0.6) is 5.75 Å². The van der Waals surface area contributed by atoms with Crippen molar-refractivity contribution in [3.8, 4) is 17.1 Å². The van der Waals surface area contributed by atoms with Crippen molar-refractivity contribution < 1.29 is 13.9 Å². The maximum absolute atomic E-state index is 11.9. The Morgan fingerprint density at radius 1 is 1.07 bits per heavy atom. The van der Waals surface area contributed by atoms with Crippen LogP contribution in [0.3, 0.4) is 0 Å². The van der Waals surface area contributed by atoms with Crippen LogP contribution in [0.25, 0.3) is 11.3 Å². The molecule has 0 radical (unpaired) electrons. The van der Waals surface area contributed by atoms with Gasteiger partial charge < -0.3 is 19.8 Å². The number of amides is 1. The number of ether oxygens (including phenoxy) is 1. The summed E-state index contributed by atoms with van der Waals surface area (Å²) in [6, 6.07) is 18.3. The standard InChI is InChI=1S/C20H16BrClN2O3S/c21-14-3-7-16(8-4-14)26-12-19(25)24-20(28)23-11-17-9-10-18(27-17)13-1-5-15(22)6-2-13/h1-10H,11-12H2,(H2,23,24,25,28). The first-order chi connectivity index (χ1) is 13.5. The lowest BCUT2D eigenvalue weighted by Gasteiger charge is -2.09. The Morgan fingerprint density at radius 2 is 1.79 bits per heavy atom. The predicted octanol–water partition coefficient (Wildman–Crippen LogP) is 4.93. The number of benzene rings is 2. The van der Waals surface area contributed by atoms with Crippen LogP contribution in [0, 0.1) is 0 Å². The second kappa shape index (κ2) is 9.73. The third-order valence-electron chi connectivity index (χ3n) is 3.65. The molecule has 0 unspecified atom stereocenters. The van der Waals surface area contributed by atoms with Gasteiger partial charge in [0.05, 0.1) is 6.54 Å². The van der Waals surface area contributed by atoms with Crippen LogP contribution in [0.1, 0.15) is 5.76 Å². The van der Waals surface area contributed by atoms with Gasteiger partial charge in [-0.2, -0.15) is 0 Å². The van der Waals surface area contributed by atoms with Crippen molar-refractivity contribution in [2.75, 3.05) is 6.61 Å². The molecule has 0 aliphatic heterocycles. The van der Waals surface area contributed by atoms with Gasteiger partial charge in [-0.1, -0.05) is 27.5 Å². The molecule has 3 aromatic rings. The molecule has 2 N–H and O–H groups in total. The average Bonchev–Trinajstić information content (AvgIpc) is 3.15. The molecule has 0 saturated heterocycles. The topological polar surface area (TPSA) is 63.5 Å². The number of hydrogen-bond acceptors (Lipinski definition) is 4. The fourth-order valence-corrected chi connectivity index (χ4v) is 2.87. The highest BCUT2D eigenvalue weighted by Gasteiger charge is 2.08. The van der Waals surface area contributed by atoms with Gasteiger partial charge in [-0.15, -0.1) is 0 Å². The van der Waals surface area contributed by atoms with Gasteiger partial charge in [-0.25, -0.2) is 0 Å². The van der Waals surface area contributed by atoms with Gasteiger partial charge in [0, 0.05) is 15.1 Å². The molecule has 0 aliphatic carbocycles. The van der Waals surface area contributed by atoms with E-state index in [4.69, 9.17) is 33.0 Å². The number of hydrogen-bond donors (Lipinski definition) is 2. The molecule has 3 rings (SSSR count). The highest BCUT2D eigenvalue weighted by molar-refractivity contribution is 9.10. The van der Waals surface area contributed by atoms with Crippen LogP contribution in [-0.2, 0) is 11.3 Å². The summed E-state index contributed by atoms with van der Waals surface area (Å²) in [6.07, 6.45) is 0. The lowest BCUT2D eigenvalue weighted by Crippen LogP contribution is -2.41. The van der Waals surface area contributed by atoms with E-state index in [2.05, 4.69) is 26.6 Å². The smallest absolute Gasteiger partial charge is 0.264 e. The van der Waals surface area contributed by atoms with Gasteiger partial charge in [-0.05, 0) is 72.9 Å². The minimum absolute atomic E-state index is 0.134. The quantitative estimate of drug-likeness (QED) is 0.491. The van der Waals surface area contributed by atoms with E-state index in [0.29, 0.717) is 23.1 Å². The van der Waals surface area contributed by atoms with Crippen molar-refractivity contribution in [3.05, 3.63) is 75.9 Å². The number of furan rings is 1. The summed E-state index contributed by atoms with van der Waals surface area (Å²) in [5.41, 5.74) is 0.927. The normalized spacial score (nSPS) is 10.4. The minimum Gasteiger partial charge on any atom is -0.484 e. The van der Waals surface area contributed by atoms with E-state index in [-0.39, 0.29) is 17.6 Å². The summed E-state index contributed by atoms with van der Waals surface area (Å²) in [7, 11) is 0. The van der Waals surface area contributed by atoms with Crippen LogP contribution in [0.4, 0.5) is 0 Å². The molecule has 5 nitrogen and oxygen atoms in total. The zero-order chi connectivity index (χ0) is 19.9. The van der Waals surface area contributed by atoms with E-state index in [1.54, 1.807) is 24.3 Å². The highest BCUT2D eigenvalue weighted by atomic mass is 79.9. The largest absolute Gasteiger partial charge is 0.484 e. The number of thiocarbonyl (C=S) groups is 1. The van der Waals surface area contributed by atoms with E-state index in [1.807, 2.05) is 36.4 Å². The minimum atomic E-state index is -0.346. The van der Waals surface area contributed by atoms with Gasteiger partial charge in [0.2, 0.25) is 0 Å². The van der Waals surface area contributed by atoms with Gasteiger partial charge >= 0.3 is 0 Å². The number of rotatable bonds is 6.